The Hall–Kier alpha value is -2.62. The second-order valence-corrected chi connectivity index (χ2v) is 6.11. The summed E-state index contributed by atoms with van der Waals surface area (Å²) in [4.78, 5) is 14.0. The lowest BCUT2D eigenvalue weighted by atomic mass is 10.1. The summed E-state index contributed by atoms with van der Waals surface area (Å²) < 4.78 is 5.18. The van der Waals surface area contributed by atoms with Crippen molar-refractivity contribution in [1.82, 2.24) is 5.32 Å². The zero-order chi connectivity index (χ0) is 18.0. The van der Waals surface area contributed by atoms with Gasteiger partial charge in [-0.3, -0.25) is 4.79 Å². The highest BCUT2D eigenvalue weighted by atomic mass is 35.5. The van der Waals surface area contributed by atoms with Crippen molar-refractivity contribution < 1.29 is 9.53 Å². The predicted octanol–water partition coefficient (Wildman–Crippen LogP) is 3.65. The molecule has 0 spiro atoms. The molecule has 0 saturated heterocycles. The van der Waals surface area contributed by atoms with E-state index in [1.54, 1.807) is 30.2 Å². The van der Waals surface area contributed by atoms with Crippen LogP contribution < -0.4 is 15.0 Å². The van der Waals surface area contributed by atoms with Gasteiger partial charge in [-0.25, -0.2) is 0 Å². The normalized spacial score (nSPS) is 17.1. The van der Waals surface area contributed by atoms with Crippen LogP contribution in [0.1, 0.15) is 11.7 Å². The zero-order valence-electron chi connectivity index (χ0n) is 13.2. The van der Waals surface area contributed by atoms with Gasteiger partial charge in [0.05, 0.1) is 12.1 Å². The number of nitrogens with one attached hydrogen (secondary N) is 1. The highest BCUT2D eigenvalue weighted by Crippen LogP contribution is 2.38. The predicted molar refractivity (Wildman–Crippen MR) is 99.4 cm³/mol. The van der Waals surface area contributed by atoms with Crippen LogP contribution in [0.25, 0.3) is 0 Å². The minimum Gasteiger partial charge on any atom is -0.497 e. The van der Waals surface area contributed by atoms with Crippen LogP contribution in [0.2, 0.25) is 5.02 Å². The molecule has 1 atom stereocenters. The molecule has 7 heteroatoms. The number of ether oxygens (including phenoxy) is 1. The summed E-state index contributed by atoms with van der Waals surface area (Å²) in [6.07, 6.45) is -0.584. The number of carbonyl (C=O) groups is 1. The molecule has 0 radical (unpaired) electrons. The first-order valence-corrected chi connectivity index (χ1v) is 8.21. The molecule has 1 aliphatic rings. The summed E-state index contributed by atoms with van der Waals surface area (Å²) in [6, 6.07) is 16.4. The molecule has 2 aromatic carbocycles. The Bertz CT molecular complexity index is 890. The molecule has 1 aliphatic heterocycles. The van der Waals surface area contributed by atoms with E-state index < -0.39 is 12.1 Å². The van der Waals surface area contributed by atoms with E-state index in [1.807, 2.05) is 36.4 Å². The summed E-state index contributed by atoms with van der Waals surface area (Å²) in [6.45, 7) is 0. The summed E-state index contributed by atoms with van der Waals surface area (Å²) in [7, 11) is 1.58. The van der Waals surface area contributed by atoms with Gasteiger partial charge in [-0.1, -0.05) is 29.8 Å². The molecule has 0 aromatic heterocycles. The lowest BCUT2D eigenvalue weighted by molar-refractivity contribution is -0.118. The fourth-order valence-electron chi connectivity index (χ4n) is 2.63. The van der Waals surface area contributed by atoms with E-state index in [0.29, 0.717) is 16.3 Å². The second kappa shape index (κ2) is 7.09. The van der Waals surface area contributed by atoms with Crippen LogP contribution in [0.5, 0.6) is 5.75 Å². The van der Waals surface area contributed by atoms with Gasteiger partial charge in [-0.05, 0) is 30.3 Å². The zero-order valence-corrected chi connectivity index (χ0v) is 14.9. The van der Waals surface area contributed by atoms with Gasteiger partial charge in [0.2, 0.25) is 0 Å². The molecule has 1 N–H and O–H groups in total. The lowest BCUT2D eigenvalue weighted by Gasteiger charge is -2.38. The topological polar surface area (TPSA) is 65.4 Å². The molecule has 25 heavy (non-hydrogen) atoms. The maximum Gasteiger partial charge on any atom is 0.266 e. The number of thiol groups is 1. The van der Waals surface area contributed by atoms with Crippen LogP contribution in [0.4, 0.5) is 5.69 Å². The van der Waals surface area contributed by atoms with Crippen molar-refractivity contribution in [2.45, 2.75) is 6.17 Å². The average molecular weight is 372 g/mol. The molecule has 0 aliphatic carbocycles. The Morgan fingerprint density at radius 2 is 1.92 bits per heavy atom. The molecule has 1 amide bonds. The van der Waals surface area contributed by atoms with Crippen molar-refractivity contribution in [2.75, 3.05) is 12.0 Å². The monoisotopic (exact) mass is 371 g/mol. The molecule has 0 saturated carbocycles. The van der Waals surface area contributed by atoms with Gasteiger partial charge in [-0.2, -0.15) is 5.26 Å². The molecule has 126 valence electrons. The van der Waals surface area contributed by atoms with E-state index in [-0.39, 0.29) is 10.6 Å². The average Bonchev–Trinajstić information content (AvgIpc) is 2.62. The summed E-state index contributed by atoms with van der Waals surface area (Å²) >= 11 is 10.8. The van der Waals surface area contributed by atoms with Crippen molar-refractivity contribution in [3.05, 3.63) is 69.7 Å². The lowest BCUT2D eigenvalue weighted by Crippen LogP contribution is -2.46. The van der Waals surface area contributed by atoms with Crippen LogP contribution in [-0.4, -0.2) is 13.0 Å². The molecule has 0 bridgehead atoms. The number of rotatable bonds is 3. The van der Waals surface area contributed by atoms with Crippen molar-refractivity contribution >= 4 is 35.8 Å². The van der Waals surface area contributed by atoms with Gasteiger partial charge in [0, 0.05) is 16.3 Å². The number of amides is 1. The highest BCUT2D eigenvalue weighted by molar-refractivity contribution is 7.84. The summed E-state index contributed by atoms with van der Waals surface area (Å²) in [5, 5.41) is 12.9. The third kappa shape index (κ3) is 3.16. The fourth-order valence-corrected chi connectivity index (χ4v) is 3.26. The van der Waals surface area contributed by atoms with Crippen LogP contribution in [-0.2, 0) is 4.79 Å². The number of methoxy groups -OCH3 is 1. The maximum atomic E-state index is 12.3. The van der Waals surface area contributed by atoms with Crippen molar-refractivity contribution in [2.24, 2.45) is 0 Å². The number of nitrogens with zero attached hydrogens (tertiary/aromatic N) is 2. The molecule has 1 unspecified atom stereocenters. The Balaban J connectivity index is 2.16. The van der Waals surface area contributed by atoms with Crippen LogP contribution in [0, 0.1) is 11.3 Å². The molecule has 0 fully saturated rings. The van der Waals surface area contributed by atoms with Crippen LogP contribution >= 0.6 is 24.2 Å². The standard InChI is InChI=1S/C18H14ClN3O2S/c1-24-12-8-6-11(7-9-12)22-16(13-4-2-3-5-15(13)19)21-17(23)14(10-20)18(22)25/h2-9,16,25H,1H3,(H,21,23). The minimum atomic E-state index is -0.584. The first-order chi connectivity index (χ1) is 12.1. The van der Waals surface area contributed by atoms with Crippen molar-refractivity contribution in [3.63, 3.8) is 0 Å². The molecule has 1 heterocycles. The molecule has 5 nitrogen and oxygen atoms in total. The largest absolute Gasteiger partial charge is 0.497 e. The van der Waals surface area contributed by atoms with Gasteiger partial charge in [0.1, 0.15) is 23.6 Å². The number of nitriles is 1. The number of hydrogen-bond acceptors (Lipinski definition) is 5. The van der Waals surface area contributed by atoms with Crippen molar-refractivity contribution in [3.8, 4) is 11.8 Å². The third-order valence-electron chi connectivity index (χ3n) is 3.87. The van der Waals surface area contributed by atoms with Gasteiger partial charge >= 0.3 is 0 Å². The van der Waals surface area contributed by atoms with Crippen LogP contribution in [0.3, 0.4) is 0 Å². The van der Waals surface area contributed by atoms with Crippen molar-refractivity contribution in [1.29, 1.82) is 5.26 Å². The van der Waals surface area contributed by atoms with Gasteiger partial charge in [0.15, 0.2) is 0 Å². The highest BCUT2D eigenvalue weighted by Gasteiger charge is 2.34. The molecule has 3 rings (SSSR count). The fraction of sp³-hybridized carbons (Fsp3) is 0.111. The maximum absolute atomic E-state index is 12.3. The first-order valence-electron chi connectivity index (χ1n) is 7.38. The Labute approximate surface area is 155 Å². The quantitative estimate of drug-likeness (QED) is 0.808. The van der Waals surface area contributed by atoms with E-state index in [1.165, 1.54) is 0 Å². The Kier molecular flexibility index (Phi) is 4.88. The van der Waals surface area contributed by atoms with E-state index in [0.717, 1.165) is 5.69 Å². The minimum absolute atomic E-state index is 0.0533. The summed E-state index contributed by atoms with van der Waals surface area (Å²) in [5.41, 5.74) is 1.39. The molecular weight excluding hydrogens is 358 g/mol. The Morgan fingerprint density at radius 3 is 2.52 bits per heavy atom. The number of hydrogen-bond donors (Lipinski definition) is 2. The number of benzene rings is 2. The second-order valence-electron chi connectivity index (χ2n) is 5.28. The number of halogens is 1. The number of carbonyl (C=O) groups excluding carboxylic acids is 1. The van der Waals surface area contributed by atoms with Gasteiger partial charge in [-0.15, -0.1) is 12.6 Å². The third-order valence-corrected chi connectivity index (χ3v) is 4.65. The first kappa shape index (κ1) is 17.2. The van der Waals surface area contributed by atoms with Gasteiger partial charge in [0.25, 0.3) is 5.91 Å². The van der Waals surface area contributed by atoms with Gasteiger partial charge < -0.3 is 15.0 Å². The smallest absolute Gasteiger partial charge is 0.266 e. The SMILES string of the molecule is COc1ccc(N2C(S)=C(C#N)C(=O)NC2c2ccccc2Cl)cc1. The van der Waals surface area contributed by atoms with E-state index in [9.17, 15) is 10.1 Å². The van der Waals surface area contributed by atoms with E-state index in [2.05, 4.69) is 17.9 Å². The van der Waals surface area contributed by atoms with E-state index in [4.69, 9.17) is 16.3 Å². The molecular formula is C18H14ClN3O2S. The molecule has 2 aromatic rings. The number of anilines is 1. The van der Waals surface area contributed by atoms with E-state index >= 15 is 0 Å². The Morgan fingerprint density at radius 1 is 1.24 bits per heavy atom. The summed E-state index contributed by atoms with van der Waals surface area (Å²) in [5.74, 6) is 0.214. The van der Waals surface area contributed by atoms with Crippen LogP contribution in [0.15, 0.2) is 59.1 Å².